The van der Waals surface area contributed by atoms with Crippen LogP contribution in [0.2, 0.25) is 0 Å². The lowest BCUT2D eigenvalue weighted by Gasteiger charge is -2.26. The Morgan fingerprint density at radius 3 is 2.64 bits per heavy atom. The molecular weight excluding hydrogens is 285 g/mol. The summed E-state index contributed by atoms with van der Waals surface area (Å²) in [5.74, 6) is -0.109. The van der Waals surface area contributed by atoms with Gasteiger partial charge >= 0.3 is 0 Å². The molecule has 1 heterocycles. The smallest absolute Gasteiger partial charge is 0.226 e. The van der Waals surface area contributed by atoms with Crippen molar-refractivity contribution in [2.24, 2.45) is 5.92 Å². The lowest BCUT2D eigenvalue weighted by Crippen LogP contribution is -2.46. The number of rotatable bonds is 5. The molecule has 2 aromatic rings. The number of alkyl halides is 1. The molecular formula is C15H18FN5O. The number of hydrogen-bond donors (Lipinski definition) is 2. The van der Waals surface area contributed by atoms with Gasteiger partial charge in [-0.3, -0.25) is 4.79 Å². The topological polar surface area (TPSA) is 83.6 Å². The standard InChI is InChI=1S/C15H18FN5O/c1-15(2,17-14(22)11-7-12(11)16)8-9-3-5-10(6-4-9)13-18-20-21-19-13/h3-6,11-12H,7-8H2,1-2H3,(H,17,22)(H,18,19,20,21)/t11-,12-/m1/s1. The van der Waals surface area contributed by atoms with Crippen molar-refractivity contribution >= 4 is 5.91 Å². The first-order chi connectivity index (χ1) is 10.4. The second kappa shape index (κ2) is 5.47. The quantitative estimate of drug-likeness (QED) is 0.880. The summed E-state index contributed by atoms with van der Waals surface area (Å²) in [6, 6.07) is 7.76. The van der Waals surface area contributed by atoms with Crippen LogP contribution in [0, 0.1) is 5.92 Å². The van der Waals surface area contributed by atoms with Crippen molar-refractivity contribution in [2.75, 3.05) is 0 Å². The highest BCUT2D eigenvalue weighted by Gasteiger charge is 2.44. The van der Waals surface area contributed by atoms with Crippen LogP contribution in [0.25, 0.3) is 11.4 Å². The van der Waals surface area contributed by atoms with Crippen molar-refractivity contribution in [3.05, 3.63) is 29.8 Å². The molecule has 1 fully saturated rings. The summed E-state index contributed by atoms with van der Waals surface area (Å²) in [6.45, 7) is 3.88. The zero-order chi connectivity index (χ0) is 15.7. The Labute approximate surface area is 127 Å². The third-order valence-electron chi connectivity index (χ3n) is 3.71. The number of aromatic amines is 1. The fraction of sp³-hybridized carbons (Fsp3) is 0.467. The van der Waals surface area contributed by atoms with Gasteiger partial charge in [0, 0.05) is 11.1 Å². The minimum absolute atomic E-state index is 0.194. The predicted molar refractivity (Wildman–Crippen MR) is 78.5 cm³/mol. The van der Waals surface area contributed by atoms with Crippen molar-refractivity contribution in [3.63, 3.8) is 0 Å². The molecule has 116 valence electrons. The monoisotopic (exact) mass is 303 g/mol. The molecule has 1 aromatic heterocycles. The van der Waals surface area contributed by atoms with Crippen LogP contribution >= 0.6 is 0 Å². The van der Waals surface area contributed by atoms with E-state index in [1.165, 1.54) is 0 Å². The molecule has 7 heteroatoms. The Balaban J connectivity index is 1.63. The van der Waals surface area contributed by atoms with Gasteiger partial charge < -0.3 is 5.32 Å². The van der Waals surface area contributed by atoms with Crippen LogP contribution in [0.4, 0.5) is 4.39 Å². The lowest BCUT2D eigenvalue weighted by atomic mass is 9.94. The highest BCUT2D eigenvalue weighted by Crippen LogP contribution is 2.34. The fourth-order valence-corrected chi connectivity index (χ4v) is 2.47. The lowest BCUT2D eigenvalue weighted by molar-refractivity contribution is -0.124. The summed E-state index contributed by atoms with van der Waals surface area (Å²) < 4.78 is 12.9. The van der Waals surface area contributed by atoms with Crippen molar-refractivity contribution < 1.29 is 9.18 Å². The van der Waals surface area contributed by atoms with E-state index in [9.17, 15) is 9.18 Å². The fourth-order valence-electron chi connectivity index (χ4n) is 2.47. The van der Waals surface area contributed by atoms with Gasteiger partial charge in [-0.05, 0) is 37.5 Å². The molecule has 22 heavy (non-hydrogen) atoms. The highest BCUT2D eigenvalue weighted by atomic mass is 19.1. The third-order valence-corrected chi connectivity index (χ3v) is 3.71. The van der Waals surface area contributed by atoms with Gasteiger partial charge in [0.05, 0.1) is 5.92 Å². The zero-order valence-corrected chi connectivity index (χ0v) is 12.5. The van der Waals surface area contributed by atoms with Gasteiger partial charge in [-0.25, -0.2) is 4.39 Å². The molecule has 0 saturated heterocycles. The van der Waals surface area contributed by atoms with Crippen LogP contribution in [0.15, 0.2) is 24.3 Å². The molecule has 1 saturated carbocycles. The summed E-state index contributed by atoms with van der Waals surface area (Å²) in [6.07, 6.45) is 0.0426. The Kier molecular flexibility index (Phi) is 3.64. The van der Waals surface area contributed by atoms with E-state index < -0.39 is 17.6 Å². The molecule has 1 amide bonds. The summed E-state index contributed by atoms with van der Waals surface area (Å²) in [5.41, 5.74) is 1.52. The number of carbonyl (C=O) groups is 1. The number of nitrogens with one attached hydrogen (secondary N) is 2. The van der Waals surface area contributed by atoms with E-state index in [1.807, 2.05) is 38.1 Å². The number of halogens is 1. The van der Waals surface area contributed by atoms with E-state index in [0.717, 1.165) is 11.1 Å². The molecule has 0 aliphatic heterocycles. The highest BCUT2D eigenvalue weighted by molar-refractivity contribution is 5.82. The zero-order valence-electron chi connectivity index (χ0n) is 12.5. The molecule has 2 N–H and O–H groups in total. The summed E-state index contributed by atoms with van der Waals surface area (Å²) >= 11 is 0. The van der Waals surface area contributed by atoms with Crippen molar-refractivity contribution in [1.82, 2.24) is 25.9 Å². The van der Waals surface area contributed by atoms with E-state index in [0.29, 0.717) is 18.7 Å². The maximum absolute atomic E-state index is 12.9. The molecule has 0 radical (unpaired) electrons. The molecule has 0 spiro atoms. The Hall–Kier alpha value is -2.31. The normalized spacial score (nSPS) is 20.7. The van der Waals surface area contributed by atoms with Crippen molar-refractivity contribution in [2.45, 2.75) is 38.4 Å². The van der Waals surface area contributed by atoms with Crippen LogP contribution in [-0.4, -0.2) is 38.2 Å². The van der Waals surface area contributed by atoms with Gasteiger partial charge in [-0.15, -0.1) is 10.2 Å². The molecule has 3 rings (SSSR count). The third kappa shape index (κ3) is 3.29. The number of aromatic nitrogens is 4. The van der Waals surface area contributed by atoms with Crippen LogP contribution < -0.4 is 5.32 Å². The Morgan fingerprint density at radius 1 is 1.41 bits per heavy atom. The molecule has 1 aliphatic carbocycles. The molecule has 1 aliphatic rings. The number of benzene rings is 1. The van der Waals surface area contributed by atoms with E-state index in [-0.39, 0.29) is 5.91 Å². The van der Waals surface area contributed by atoms with Gasteiger partial charge in [0.15, 0.2) is 0 Å². The number of amides is 1. The summed E-state index contributed by atoms with van der Waals surface area (Å²) in [7, 11) is 0. The number of nitrogens with zero attached hydrogens (tertiary/aromatic N) is 3. The second-order valence-corrected chi connectivity index (χ2v) is 6.34. The Morgan fingerprint density at radius 2 is 2.09 bits per heavy atom. The number of H-pyrrole nitrogens is 1. The van der Waals surface area contributed by atoms with Gasteiger partial charge in [-0.1, -0.05) is 24.3 Å². The van der Waals surface area contributed by atoms with Crippen LogP contribution in [-0.2, 0) is 11.2 Å². The Bertz CT molecular complexity index is 653. The first-order valence-corrected chi connectivity index (χ1v) is 7.23. The van der Waals surface area contributed by atoms with Gasteiger partial charge in [0.1, 0.15) is 6.17 Å². The van der Waals surface area contributed by atoms with E-state index in [2.05, 4.69) is 25.9 Å². The number of tetrazole rings is 1. The molecule has 0 unspecified atom stereocenters. The molecule has 6 nitrogen and oxygen atoms in total. The second-order valence-electron chi connectivity index (χ2n) is 6.34. The first kappa shape index (κ1) is 14.6. The number of carbonyl (C=O) groups excluding carboxylic acids is 1. The van der Waals surface area contributed by atoms with Gasteiger partial charge in [-0.2, -0.15) is 5.21 Å². The van der Waals surface area contributed by atoms with E-state index in [1.54, 1.807) is 0 Å². The minimum Gasteiger partial charge on any atom is -0.351 e. The first-order valence-electron chi connectivity index (χ1n) is 7.23. The number of hydrogen-bond acceptors (Lipinski definition) is 4. The van der Waals surface area contributed by atoms with Crippen LogP contribution in [0.1, 0.15) is 25.8 Å². The summed E-state index contributed by atoms with van der Waals surface area (Å²) in [4.78, 5) is 11.9. The average molecular weight is 303 g/mol. The van der Waals surface area contributed by atoms with E-state index in [4.69, 9.17) is 0 Å². The average Bonchev–Trinajstić information content (AvgIpc) is 2.98. The van der Waals surface area contributed by atoms with Gasteiger partial charge in [0.25, 0.3) is 0 Å². The predicted octanol–water partition coefficient (Wildman–Crippen LogP) is 1.66. The van der Waals surface area contributed by atoms with Crippen LogP contribution in [0.5, 0.6) is 0 Å². The minimum atomic E-state index is -0.968. The summed E-state index contributed by atoms with van der Waals surface area (Å²) in [5, 5.41) is 16.7. The van der Waals surface area contributed by atoms with Crippen LogP contribution in [0.3, 0.4) is 0 Å². The van der Waals surface area contributed by atoms with E-state index >= 15 is 0 Å². The van der Waals surface area contributed by atoms with Crippen molar-refractivity contribution in [3.8, 4) is 11.4 Å². The molecule has 0 bridgehead atoms. The van der Waals surface area contributed by atoms with Gasteiger partial charge in [0.2, 0.25) is 11.7 Å². The maximum Gasteiger partial charge on any atom is 0.226 e. The maximum atomic E-state index is 12.9. The van der Waals surface area contributed by atoms with Crippen molar-refractivity contribution in [1.29, 1.82) is 0 Å². The molecule has 2 atom stereocenters. The SMILES string of the molecule is CC(C)(Cc1ccc(-c2nn[nH]n2)cc1)NC(=O)[C@@H]1C[C@H]1F. The molecule has 1 aromatic carbocycles. The largest absolute Gasteiger partial charge is 0.351 e.